The van der Waals surface area contributed by atoms with E-state index >= 15 is 0 Å². The Kier molecular flexibility index (Phi) is 4.53. The van der Waals surface area contributed by atoms with E-state index in [9.17, 15) is 9.59 Å². The van der Waals surface area contributed by atoms with Gasteiger partial charge < -0.3 is 14.1 Å². The van der Waals surface area contributed by atoms with Gasteiger partial charge in [0.15, 0.2) is 0 Å². The van der Waals surface area contributed by atoms with Crippen LogP contribution >= 0.6 is 0 Å². The van der Waals surface area contributed by atoms with Crippen LogP contribution in [0.2, 0.25) is 0 Å². The van der Waals surface area contributed by atoms with Crippen molar-refractivity contribution in [3.05, 3.63) is 22.6 Å². The number of methoxy groups -OCH3 is 1. The minimum Gasteiger partial charge on any atom is -0.468 e. The third kappa shape index (κ3) is 2.72. The van der Waals surface area contributed by atoms with Crippen LogP contribution in [0, 0.1) is 20.8 Å². The van der Waals surface area contributed by atoms with E-state index < -0.39 is 5.97 Å². The highest BCUT2D eigenvalue weighted by Crippen LogP contribution is 2.22. The van der Waals surface area contributed by atoms with Crippen LogP contribution in [0.3, 0.4) is 0 Å². The number of nitrogens with zero attached hydrogens (tertiary/aromatic N) is 1. The Morgan fingerprint density at radius 2 is 1.83 bits per heavy atom. The summed E-state index contributed by atoms with van der Waals surface area (Å²) in [7, 11) is 1.30. The molecule has 0 saturated carbocycles. The number of ether oxygens (including phenoxy) is 1. The van der Waals surface area contributed by atoms with Crippen LogP contribution in [0.5, 0.6) is 0 Å². The van der Waals surface area contributed by atoms with Gasteiger partial charge in [-0.2, -0.15) is 0 Å². The highest BCUT2D eigenvalue weighted by molar-refractivity contribution is 5.98. The summed E-state index contributed by atoms with van der Waals surface area (Å²) in [6.45, 7) is 7.62. The zero-order chi connectivity index (χ0) is 13.9. The van der Waals surface area contributed by atoms with Crippen molar-refractivity contribution in [3.63, 3.8) is 0 Å². The van der Waals surface area contributed by atoms with Crippen molar-refractivity contribution < 1.29 is 18.7 Å². The first-order valence-electron chi connectivity index (χ1n) is 5.85. The second-order valence-electron chi connectivity index (χ2n) is 4.11. The zero-order valence-electron chi connectivity index (χ0n) is 11.5. The quantitative estimate of drug-likeness (QED) is 0.768. The fourth-order valence-electron chi connectivity index (χ4n) is 1.81. The number of hydrogen-bond acceptors (Lipinski definition) is 4. The Morgan fingerprint density at radius 1 is 1.22 bits per heavy atom. The molecule has 1 heterocycles. The molecule has 0 radical (unpaired) electrons. The van der Waals surface area contributed by atoms with Crippen LogP contribution in [0.15, 0.2) is 4.42 Å². The van der Waals surface area contributed by atoms with Crippen molar-refractivity contribution in [1.29, 1.82) is 0 Å². The zero-order valence-corrected chi connectivity index (χ0v) is 11.5. The molecular weight excluding hydrogens is 234 g/mol. The van der Waals surface area contributed by atoms with Crippen molar-refractivity contribution >= 4 is 11.9 Å². The van der Waals surface area contributed by atoms with Crippen molar-refractivity contribution in [2.24, 2.45) is 0 Å². The fraction of sp³-hybridized carbons (Fsp3) is 0.538. The maximum absolute atomic E-state index is 12.3. The maximum atomic E-state index is 12.3. The molecule has 0 N–H and O–H groups in total. The van der Waals surface area contributed by atoms with Crippen molar-refractivity contribution in [2.75, 3.05) is 20.2 Å². The molecule has 100 valence electrons. The minimum atomic E-state index is -0.430. The lowest BCUT2D eigenvalue weighted by molar-refractivity contribution is -0.141. The van der Waals surface area contributed by atoms with E-state index in [-0.39, 0.29) is 12.5 Å². The number of esters is 1. The first-order chi connectivity index (χ1) is 8.42. The monoisotopic (exact) mass is 253 g/mol. The molecule has 18 heavy (non-hydrogen) atoms. The van der Waals surface area contributed by atoms with Crippen molar-refractivity contribution in [2.45, 2.75) is 27.7 Å². The van der Waals surface area contributed by atoms with E-state index in [1.54, 1.807) is 6.92 Å². The molecule has 0 fully saturated rings. The van der Waals surface area contributed by atoms with Crippen molar-refractivity contribution in [3.8, 4) is 0 Å². The standard InChI is InChI=1S/C13H19NO4/c1-6-14(7-11(15)17-5)13(16)12-8(2)9(3)18-10(12)4/h6-7H2,1-5H3. The number of rotatable bonds is 4. The van der Waals surface area contributed by atoms with Crippen LogP contribution in [-0.4, -0.2) is 37.0 Å². The predicted molar refractivity (Wildman–Crippen MR) is 66.5 cm³/mol. The summed E-state index contributed by atoms with van der Waals surface area (Å²) in [5.41, 5.74) is 1.36. The third-order valence-corrected chi connectivity index (χ3v) is 2.99. The van der Waals surface area contributed by atoms with E-state index in [2.05, 4.69) is 4.74 Å². The van der Waals surface area contributed by atoms with Gasteiger partial charge in [-0.1, -0.05) is 0 Å². The van der Waals surface area contributed by atoms with Gasteiger partial charge in [0.25, 0.3) is 5.91 Å². The largest absolute Gasteiger partial charge is 0.468 e. The molecule has 0 spiro atoms. The molecule has 0 saturated heterocycles. The second-order valence-corrected chi connectivity index (χ2v) is 4.11. The second kappa shape index (κ2) is 5.71. The molecular formula is C13H19NO4. The smallest absolute Gasteiger partial charge is 0.325 e. The van der Waals surface area contributed by atoms with E-state index in [1.165, 1.54) is 12.0 Å². The fourth-order valence-corrected chi connectivity index (χ4v) is 1.81. The molecule has 0 aromatic carbocycles. The predicted octanol–water partition coefficient (Wildman–Crippen LogP) is 1.84. The summed E-state index contributed by atoms with van der Waals surface area (Å²) in [6.07, 6.45) is 0. The van der Waals surface area contributed by atoms with Gasteiger partial charge in [0.2, 0.25) is 0 Å². The Labute approximate surface area is 107 Å². The Morgan fingerprint density at radius 3 is 2.22 bits per heavy atom. The number of likely N-dealkylation sites (N-methyl/N-ethyl adjacent to an activating group) is 1. The average Bonchev–Trinajstić information content (AvgIpc) is 2.59. The van der Waals surface area contributed by atoms with Gasteiger partial charge in [0.1, 0.15) is 18.1 Å². The highest BCUT2D eigenvalue weighted by atomic mass is 16.5. The van der Waals surface area contributed by atoms with E-state index in [1.807, 2.05) is 20.8 Å². The Balaban J connectivity index is 3.00. The number of carbonyl (C=O) groups excluding carboxylic acids is 2. The lowest BCUT2D eigenvalue weighted by atomic mass is 10.1. The van der Waals surface area contributed by atoms with Crippen LogP contribution in [-0.2, 0) is 9.53 Å². The van der Waals surface area contributed by atoms with Crippen LogP contribution in [0.1, 0.15) is 34.4 Å². The lowest BCUT2D eigenvalue weighted by Gasteiger charge is -2.19. The molecule has 1 aromatic heterocycles. The summed E-state index contributed by atoms with van der Waals surface area (Å²) < 4.78 is 10.0. The molecule has 1 rings (SSSR count). The van der Waals surface area contributed by atoms with E-state index in [0.717, 1.165) is 11.3 Å². The number of amides is 1. The Bertz CT molecular complexity index is 462. The summed E-state index contributed by atoms with van der Waals surface area (Å²) >= 11 is 0. The van der Waals surface area contributed by atoms with Gasteiger partial charge in [0, 0.05) is 12.1 Å². The summed E-state index contributed by atoms with van der Waals surface area (Å²) in [6, 6.07) is 0. The molecule has 0 aliphatic rings. The molecule has 0 aliphatic heterocycles. The van der Waals surface area contributed by atoms with Gasteiger partial charge in [0.05, 0.1) is 12.7 Å². The molecule has 0 unspecified atom stereocenters. The topological polar surface area (TPSA) is 59.8 Å². The highest BCUT2D eigenvalue weighted by Gasteiger charge is 2.24. The van der Waals surface area contributed by atoms with Crippen LogP contribution < -0.4 is 0 Å². The van der Waals surface area contributed by atoms with Gasteiger partial charge in [-0.15, -0.1) is 0 Å². The third-order valence-electron chi connectivity index (χ3n) is 2.99. The minimum absolute atomic E-state index is 0.0467. The van der Waals surface area contributed by atoms with Gasteiger partial charge in [-0.3, -0.25) is 9.59 Å². The number of carbonyl (C=O) groups is 2. The van der Waals surface area contributed by atoms with Gasteiger partial charge in [-0.25, -0.2) is 0 Å². The van der Waals surface area contributed by atoms with Gasteiger partial charge in [-0.05, 0) is 27.7 Å². The van der Waals surface area contributed by atoms with Gasteiger partial charge >= 0.3 is 5.97 Å². The average molecular weight is 253 g/mol. The number of furan rings is 1. The molecule has 5 heteroatoms. The SMILES string of the molecule is CCN(CC(=O)OC)C(=O)c1c(C)oc(C)c1C. The van der Waals surface area contributed by atoms with Crippen LogP contribution in [0.4, 0.5) is 0 Å². The Hall–Kier alpha value is -1.78. The first-order valence-corrected chi connectivity index (χ1v) is 5.85. The molecule has 0 bridgehead atoms. The maximum Gasteiger partial charge on any atom is 0.325 e. The molecule has 5 nitrogen and oxygen atoms in total. The number of hydrogen-bond donors (Lipinski definition) is 0. The normalized spacial score (nSPS) is 10.3. The summed E-state index contributed by atoms with van der Waals surface area (Å²) in [4.78, 5) is 25.0. The molecule has 0 atom stereocenters. The molecule has 1 amide bonds. The lowest BCUT2D eigenvalue weighted by Crippen LogP contribution is -2.36. The molecule has 0 aliphatic carbocycles. The number of aryl methyl sites for hydroxylation is 2. The molecule has 1 aromatic rings. The summed E-state index contributed by atoms with van der Waals surface area (Å²) in [5.74, 6) is 0.679. The van der Waals surface area contributed by atoms with Crippen LogP contribution in [0.25, 0.3) is 0 Å². The van der Waals surface area contributed by atoms with E-state index in [0.29, 0.717) is 17.9 Å². The van der Waals surface area contributed by atoms with Crippen molar-refractivity contribution in [1.82, 2.24) is 4.90 Å². The van der Waals surface area contributed by atoms with E-state index in [4.69, 9.17) is 4.42 Å². The first kappa shape index (κ1) is 14.3. The summed E-state index contributed by atoms with van der Waals surface area (Å²) in [5, 5.41) is 0.